The largest absolute Gasteiger partial charge is 0.381 e. The Morgan fingerprint density at radius 2 is 2.00 bits per heavy atom. The van der Waals surface area contributed by atoms with E-state index in [0.29, 0.717) is 38.6 Å². The van der Waals surface area contributed by atoms with Crippen LogP contribution in [0.15, 0.2) is 29.3 Å². The highest BCUT2D eigenvalue weighted by molar-refractivity contribution is 14.0. The fraction of sp³-hybridized carbons (Fsp3) is 0.562. The molecule has 0 unspecified atom stereocenters. The van der Waals surface area contributed by atoms with Crippen LogP contribution < -0.4 is 10.6 Å². The molecular weight excluding hydrogens is 460 g/mol. The van der Waals surface area contributed by atoms with Crippen molar-refractivity contribution in [2.45, 2.75) is 24.1 Å². The van der Waals surface area contributed by atoms with Crippen LogP contribution in [0.4, 0.5) is 4.39 Å². The van der Waals surface area contributed by atoms with Crippen LogP contribution in [0.5, 0.6) is 0 Å². The lowest BCUT2D eigenvalue weighted by Crippen LogP contribution is -2.53. The maximum absolute atomic E-state index is 13.2. The van der Waals surface area contributed by atoms with Gasteiger partial charge in [0.05, 0.1) is 4.75 Å². The molecule has 1 heterocycles. The molecular formula is C16H25FIN3O3S. The second kappa shape index (κ2) is 9.67. The normalized spacial score (nSPS) is 17.5. The zero-order valence-electron chi connectivity index (χ0n) is 14.4. The third-order valence-corrected chi connectivity index (χ3v) is 6.47. The van der Waals surface area contributed by atoms with Crippen LogP contribution in [0.3, 0.4) is 0 Å². The second-order valence-corrected chi connectivity index (χ2v) is 8.39. The first-order valence-corrected chi connectivity index (χ1v) is 9.72. The molecule has 142 valence electrons. The van der Waals surface area contributed by atoms with Gasteiger partial charge in [-0.2, -0.15) is 0 Å². The molecule has 0 aromatic heterocycles. The Morgan fingerprint density at radius 3 is 2.56 bits per heavy atom. The first-order chi connectivity index (χ1) is 11.4. The second-order valence-electron chi connectivity index (χ2n) is 5.98. The van der Waals surface area contributed by atoms with Crippen LogP contribution in [0, 0.1) is 5.82 Å². The van der Waals surface area contributed by atoms with Gasteiger partial charge in [-0.3, -0.25) is 4.99 Å². The number of ether oxygens (including phenoxy) is 1. The minimum atomic E-state index is -3.24. The van der Waals surface area contributed by atoms with E-state index in [9.17, 15) is 12.8 Å². The summed E-state index contributed by atoms with van der Waals surface area (Å²) in [4.78, 5) is 4.10. The number of aliphatic imine (C=N–C) groups is 1. The molecule has 6 nitrogen and oxygen atoms in total. The van der Waals surface area contributed by atoms with Crippen molar-refractivity contribution in [2.75, 3.05) is 33.1 Å². The molecule has 0 saturated carbocycles. The molecule has 1 aromatic carbocycles. The Balaban J connectivity index is 0.00000312. The van der Waals surface area contributed by atoms with E-state index < -0.39 is 14.6 Å². The molecule has 9 heteroatoms. The van der Waals surface area contributed by atoms with Crippen molar-refractivity contribution in [3.8, 4) is 0 Å². The summed E-state index contributed by atoms with van der Waals surface area (Å²) in [5.41, 5.74) is 0.779. The van der Waals surface area contributed by atoms with Crippen LogP contribution in [-0.2, 0) is 21.1 Å². The van der Waals surface area contributed by atoms with Crippen molar-refractivity contribution in [3.05, 3.63) is 35.6 Å². The van der Waals surface area contributed by atoms with Crippen molar-refractivity contribution in [3.63, 3.8) is 0 Å². The Labute approximate surface area is 165 Å². The lowest BCUT2D eigenvalue weighted by atomic mass is 9.99. The first kappa shape index (κ1) is 22.1. The van der Waals surface area contributed by atoms with E-state index >= 15 is 0 Å². The minimum Gasteiger partial charge on any atom is -0.381 e. The topological polar surface area (TPSA) is 79.8 Å². The van der Waals surface area contributed by atoms with Gasteiger partial charge in [-0.1, -0.05) is 12.1 Å². The van der Waals surface area contributed by atoms with Crippen LogP contribution >= 0.6 is 24.0 Å². The van der Waals surface area contributed by atoms with Gasteiger partial charge in [0.15, 0.2) is 15.8 Å². The van der Waals surface area contributed by atoms with Gasteiger partial charge in [-0.25, -0.2) is 12.8 Å². The monoisotopic (exact) mass is 485 g/mol. The highest BCUT2D eigenvalue weighted by Crippen LogP contribution is 2.28. The predicted octanol–water partition coefficient (Wildman–Crippen LogP) is 1.70. The van der Waals surface area contributed by atoms with E-state index in [4.69, 9.17) is 4.74 Å². The van der Waals surface area contributed by atoms with Crippen LogP contribution in [-0.4, -0.2) is 52.2 Å². The predicted molar refractivity (Wildman–Crippen MR) is 108 cm³/mol. The SMILES string of the molecule is CN=C(NCc1cccc(F)c1)NCC1(S(C)(=O)=O)CCOCC1.I. The molecule has 1 saturated heterocycles. The van der Waals surface area contributed by atoms with Gasteiger partial charge in [0.25, 0.3) is 0 Å². The number of rotatable bonds is 5. The van der Waals surface area contributed by atoms with Gasteiger partial charge < -0.3 is 15.4 Å². The summed E-state index contributed by atoms with van der Waals surface area (Å²) in [7, 11) is -1.63. The standard InChI is InChI=1S/C16H24FN3O3S.HI/c1-18-15(19-11-13-4-3-5-14(17)10-13)20-12-16(24(2,21)22)6-8-23-9-7-16;/h3-5,10H,6-9,11-12H2,1-2H3,(H2,18,19,20);1H. The molecule has 0 spiro atoms. The van der Waals surface area contributed by atoms with E-state index in [0.717, 1.165) is 5.56 Å². The Bertz CT molecular complexity index is 692. The van der Waals surface area contributed by atoms with Gasteiger partial charge in [0, 0.05) is 39.6 Å². The van der Waals surface area contributed by atoms with Gasteiger partial charge in [-0.05, 0) is 30.5 Å². The van der Waals surface area contributed by atoms with Crippen LogP contribution in [0.2, 0.25) is 0 Å². The number of sulfone groups is 1. The summed E-state index contributed by atoms with van der Waals surface area (Å²) in [6.45, 7) is 1.53. The first-order valence-electron chi connectivity index (χ1n) is 7.83. The van der Waals surface area contributed by atoms with E-state index in [1.54, 1.807) is 19.2 Å². The van der Waals surface area contributed by atoms with Crippen LogP contribution in [0.25, 0.3) is 0 Å². The quantitative estimate of drug-likeness (QED) is 0.377. The van der Waals surface area contributed by atoms with Crippen molar-refractivity contribution < 1.29 is 17.5 Å². The lowest BCUT2D eigenvalue weighted by Gasteiger charge is -2.35. The number of nitrogens with zero attached hydrogens (tertiary/aromatic N) is 1. The highest BCUT2D eigenvalue weighted by atomic mass is 127. The fourth-order valence-corrected chi connectivity index (χ4v) is 3.96. The number of halogens is 2. The minimum absolute atomic E-state index is 0. The maximum atomic E-state index is 13.2. The summed E-state index contributed by atoms with van der Waals surface area (Å²) >= 11 is 0. The molecule has 1 fully saturated rings. The number of hydrogen-bond acceptors (Lipinski definition) is 4. The average Bonchev–Trinajstić information content (AvgIpc) is 2.55. The van der Waals surface area contributed by atoms with Gasteiger partial charge in [-0.15, -0.1) is 24.0 Å². The van der Waals surface area contributed by atoms with Crippen molar-refractivity contribution in [1.29, 1.82) is 0 Å². The van der Waals surface area contributed by atoms with E-state index in [-0.39, 0.29) is 36.3 Å². The molecule has 0 amide bonds. The molecule has 1 aliphatic rings. The molecule has 2 rings (SSSR count). The molecule has 1 aliphatic heterocycles. The Kier molecular flexibility index (Phi) is 8.55. The Hall–Kier alpha value is -0.940. The number of guanidine groups is 1. The van der Waals surface area contributed by atoms with Gasteiger partial charge >= 0.3 is 0 Å². The molecule has 25 heavy (non-hydrogen) atoms. The molecule has 0 radical (unpaired) electrons. The molecule has 2 N–H and O–H groups in total. The molecule has 0 aliphatic carbocycles. The highest BCUT2D eigenvalue weighted by Gasteiger charge is 2.42. The third-order valence-electron chi connectivity index (χ3n) is 4.34. The maximum Gasteiger partial charge on any atom is 0.191 e. The van der Waals surface area contributed by atoms with E-state index in [2.05, 4.69) is 15.6 Å². The lowest BCUT2D eigenvalue weighted by molar-refractivity contribution is 0.0756. The van der Waals surface area contributed by atoms with Crippen molar-refractivity contribution in [2.24, 2.45) is 4.99 Å². The van der Waals surface area contributed by atoms with E-state index in [1.807, 2.05) is 0 Å². The number of hydrogen-bond donors (Lipinski definition) is 2. The average molecular weight is 485 g/mol. The van der Waals surface area contributed by atoms with Crippen LogP contribution in [0.1, 0.15) is 18.4 Å². The third kappa shape index (κ3) is 6.07. The zero-order valence-corrected chi connectivity index (χ0v) is 17.6. The molecule has 0 bridgehead atoms. The van der Waals surface area contributed by atoms with E-state index in [1.165, 1.54) is 18.4 Å². The summed E-state index contributed by atoms with van der Waals surface area (Å²) in [5.74, 6) is 0.184. The molecule has 1 aromatic rings. The molecule has 0 atom stereocenters. The van der Waals surface area contributed by atoms with Gasteiger partial charge in [0.2, 0.25) is 0 Å². The fourth-order valence-electron chi connectivity index (χ4n) is 2.72. The zero-order chi connectivity index (χ0) is 17.6. The number of benzene rings is 1. The summed E-state index contributed by atoms with van der Waals surface area (Å²) in [6.07, 6.45) is 2.18. The van der Waals surface area contributed by atoms with Crippen molar-refractivity contribution in [1.82, 2.24) is 10.6 Å². The van der Waals surface area contributed by atoms with Gasteiger partial charge in [0.1, 0.15) is 5.82 Å². The summed E-state index contributed by atoms with van der Waals surface area (Å²) < 4.78 is 42.1. The Morgan fingerprint density at radius 1 is 1.32 bits per heavy atom. The number of nitrogens with one attached hydrogen (secondary N) is 2. The van der Waals surface area contributed by atoms with Crippen molar-refractivity contribution >= 4 is 39.8 Å². The summed E-state index contributed by atoms with van der Waals surface area (Å²) in [5, 5.41) is 6.15. The summed E-state index contributed by atoms with van der Waals surface area (Å²) in [6, 6.07) is 6.28. The smallest absolute Gasteiger partial charge is 0.191 e.